The zero-order valence-electron chi connectivity index (χ0n) is 11.8. The first-order valence-corrected chi connectivity index (χ1v) is 6.73. The normalized spacial score (nSPS) is 13.3. The van der Waals surface area contributed by atoms with Gasteiger partial charge in [0, 0.05) is 6.54 Å². The third kappa shape index (κ3) is 5.73. The predicted molar refractivity (Wildman–Crippen MR) is 75.6 cm³/mol. The average Bonchev–Trinajstić information content (AvgIpc) is 2.43. The highest BCUT2D eigenvalue weighted by atomic mass is 16.5. The zero-order valence-corrected chi connectivity index (χ0v) is 11.8. The molecule has 0 fully saturated rings. The molecule has 1 amide bonds. The average molecular weight is 279 g/mol. The maximum absolute atomic E-state index is 11.8. The van der Waals surface area contributed by atoms with E-state index in [9.17, 15) is 9.59 Å². The van der Waals surface area contributed by atoms with Gasteiger partial charge in [0.2, 0.25) is 0 Å². The second kappa shape index (κ2) is 8.19. The van der Waals surface area contributed by atoms with E-state index >= 15 is 0 Å². The van der Waals surface area contributed by atoms with Gasteiger partial charge in [-0.15, -0.1) is 0 Å². The van der Waals surface area contributed by atoms with Crippen molar-refractivity contribution in [2.45, 2.75) is 32.8 Å². The Morgan fingerprint density at radius 1 is 1.25 bits per heavy atom. The van der Waals surface area contributed by atoms with Gasteiger partial charge in [0.15, 0.2) is 6.10 Å². The summed E-state index contributed by atoms with van der Waals surface area (Å²) < 4.78 is 5.49. The first kappa shape index (κ1) is 16.0. The number of para-hydroxylation sites is 1. The van der Waals surface area contributed by atoms with Crippen molar-refractivity contribution in [1.82, 2.24) is 5.32 Å². The summed E-state index contributed by atoms with van der Waals surface area (Å²) in [6.07, 6.45) is 0.607. The Bertz CT molecular complexity index is 433. The van der Waals surface area contributed by atoms with Crippen LogP contribution in [0.5, 0.6) is 5.75 Å². The minimum atomic E-state index is -0.808. The quantitative estimate of drug-likeness (QED) is 0.714. The Kier molecular flexibility index (Phi) is 6.56. The maximum Gasteiger partial charge on any atom is 0.306 e. The lowest BCUT2D eigenvalue weighted by Gasteiger charge is -2.14. The number of nitrogens with one attached hydrogen (secondary N) is 1. The summed E-state index contributed by atoms with van der Waals surface area (Å²) >= 11 is 0. The van der Waals surface area contributed by atoms with E-state index < -0.39 is 12.1 Å². The highest BCUT2D eigenvalue weighted by molar-refractivity contribution is 5.80. The van der Waals surface area contributed by atoms with Gasteiger partial charge in [-0.2, -0.15) is 0 Å². The summed E-state index contributed by atoms with van der Waals surface area (Å²) in [6, 6.07) is 9.14. The van der Waals surface area contributed by atoms with Crippen LogP contribution in [0.4, 0.5) is 0 Å². The lowest BCUT2D eigenvalue weighted by molar-refractivity contribution is -0.141. The van der Waals surface area contributed by atoms with E-state index in [2.05, 4.69) is 5.32 Å². The minimum absolute atomic E-state index is 0.197. The molecule has 110 valence electrons. The van der Waals surface area contributed by atoms with Crippen LogP contribution in [0.2, 0.25) is 0 Å². The summed E-state index contributed by atoms with van der Waals surface area (Å²) in [5.41, 5.74) is 0. The Balaban J connectivity index is 2.24. The van der Waals surface area contributed by atoms with Gasteiger partial charge >= 0.3 is 5.97 Å². The fourth-order valence-corrected chi connectivity index (χ4v) is 1.64. The number of carboxylic acid groups (broad SMARTS) is 1. The smallest absolute Gasteiger partial charge is 0.306 e. The number of aliphatic carboxylic acids is 1. The summed E-state index contributed by atoms with van der Waals surface area (Å²) in [6.45, 7) is 3.80. The number of ether oxygens (including phenoxy) is 1. The van der Waals surface area contributed by atoms with Crippen molar-refractivity contribution in [2.75, 3.05) is 6.54 Å². The number of carbonyl (C=O) groups excluding carboxylic acids is 1. The molecule has 0 aliphatic carbocycles. The molecule has 0 spiro atoms. The second-order valence-corrected chi connectivity index (χ2v) is 4.75. The van der Waals surface area contributed by atoms with Gasteiger partial charge < -0.3 is 15.2 Å². The number of rotatable bonds is 8. The van der Waals surface area contributed by atoms with Gasteiger partial charge in [-0.3, -0.25) is 9.59 Å². The SMILES string of the molecule is CC(CCCNC(=O)C(C)Oc1ccccc1)C(=O)O. The summed E-state index contributed by atoms with van der Waals surface area (Å²) in [4.78, 5) is 22.4. The topological polar surface area (TPSA) is 75.6 Å². The van der Waals surface area contributed by atoms with Crippen LogP contribution in [0.1, 0.15) is 26.7 Å². The van der Waals surface area contributed by atoms with E-state index in [1.54, 1.807) is 26.0 Å². The van der Waals surface area contributed by atoms with Crippen molar-refractivity contribution < 1.29 is 19.4 Å². The third-order valence-corrected chi connectivity index (χ3v) is 2.96. The fourth-order valence-electron chi connectivity index (χ4n) is 1.64. The highest BCUT2D eigenvalue weighted by Gasteiger charge is 2.14. The first-order chi connectivity index (χ1) is 9.50. The Morgan fingerprint density at radius 2 is 1.90 bits per heavy atom. The van der Waals surface area contributed by atoms with Crippen molar-refractivity contribution in [3.8, 4) is 5.75 Å². The maximum atomic E-state index is 11.8. The molecule has 5 heteroatoms. The van der Waals surface area contributed by atoms with Crippen LogP contribution in [-0.2, 0) is 9.59 Å². The molecule has 0 saturated heterocycles. The van der Waals surface area contributed by atoms with Crippen molar-refractivity contribution in [1.29, 1.82) is 0 Å². The minimum Gasteiger partial charge on any atom is -0.481 e. The third-order valence-electron chi connectivity index (χ3n) is 2.96. The molecule has 0 aliphatic heterocycles. The molecule has 2 atom stereocenters. The molecular weight excluding hydrogens is 258 g/mol. The summed E-state index contributed by atoms with van der Waals surface area (Å²) in [5.74, 6) is -0.742. The lowest BCUT2D eigenvalue weighted by Crippen LogP contribution is -2.37. The molecule has 0 radical (unpaired) electrons. The van der Waals surface area contributed by atoms with Gasteiger partial charge in [0.25, 0.3) is 5.91 Å². The first-order valence-electron chi connectivity index (χ1n) is 6.73. The molecule has 0 heterocycles. The van der Waals surface area contributed by atoms with Crippen LogP contribution >= 0.6 is 0 Å². The molecule has 2 N–H and O–H groups in total. The van der Waals surface area contributed by atoms with Crippen LogP contribution in [0.25, 0.3) is 0 Å². The summed E-state index contributed by atoms with van der Waals surface area (Å²) in [7, 11) is 0. The number of amides is 1. The predicted octanol–water partition coefficient (Wildman–Crippen LogP) is 2.07. The Morgan fingerprint density at radius 3 is 2.50 bits per heavy atom. The van der Waals surface area contributed by atoms with E-state index in [1.807, 2.05) is 18.2 Å². The van der Waals surface area contributed by atoms with Crippen LogP contribution in [0.3, 0.4) is 0 Å². The van der Waals surface area contributed by atoms with E-state index in [1.165, 1.54) is 0 Å². The molecule has 0 aromatic heterocycles. The number of hydrogen-bond acceptors (Lipinski definition) is 3. The standard InChI is InChI=1S/C15H21NO4/c1-11(15(18)19)7-6-10-16-14(17)12(2)20-13-8-4-3-5-9-13/h3-5,8-9,11-12H,6-7,10H2,1-2H3,(H,16,17)(H,18,19). The second-order valence-electron chi connectivity index (χ2n) is 4.75. The van der Waals surface area contributed by atoms with E-state index in [0.29, 0.717) is 25.1 Å². The van der Waals surface area contributed by atoms with E-state index in [0.717, 1.165) is 0 Å². The fraction of sp³-hybridized carbons (Fsp3) is 0.467. The number of carboxylic acids is 1. The molecule has 0 bridgehead atoms. The molecule has 20 heavy (non-hydrogen) atoms. The number of carbonyl (C=O) groups is 2. The van der Waals surface area contributed by atoms with E-state index in [-0.39, 0.29) is 11.8 Å². The van der Waals surface area contributed by atoms with Crippen molar-refractivity contribution in [3.05, 3.63) is 30.3 Å². The van der Waals surface area contributed by atoms with Gasteiger partial charge in [-0.1, -0.05) is 25.1 Å². The largest absolute Gasteiger partial charge is 0.481 e. The molecule has 0 saturated carbocycles. The summed E-state index contributed by atoms with van der Waals surface area (Å²) in [5, 5.41) is 11.5. The van der Waals surface area contributed by atoms with Crippen molar-refractivity contribution in [3.63, 3.8) is 0 Å². The van der Waals surface area contributed by atoms with Crippen molar-refractivity contribution >= 4 is 11.9 Å². The Hall–Kier alpha value is -2.04. The molecular formula is C15H21NO4. The monoisotopic (exact) mass is 279 g/mol. The molecule has 1 rings (SSSR count). The molecule has 2 unspecified atom stereocenters. The highest BCUT2D eigenvalue weighted by Crippen LogP contribution is 2.10. The van der Waals surface area contributed by atoms with E-state index in [4.69, 9.17) is 9.84 Å². The van der Waals surface area contributed by atoms with Gasteiger partial charge in [0.05, 0.1) is 5.92 Å². The van der Waals surface area contributed by atoms with Gasteiger partial charge in [-0.05, 0) is 31.9 Å². The van der Waals surface area contributed by atoms with Gasteiger partial charge in [-0.25, -0.2) is 0 Å². The van der Waals surface area contributed by atoms with Crippen molar-refractivity contribution in [2.24, 2.45) is 5.92 Å². The van der Waals surface area contributed by atoms with Crippen LogP contribution < -0.4 is 10.1 Å². The van der Waals surface area contributed by atoms with Crippen LogP contribution in [0, 0.1) is 5.92 Å². The number of hydrogen-bond donors (Lipinski definition) is 2. The molecule has 1 aromatic rings. The molecule has 1 aromatic carbocycles. The Labute approximate surface area is 118 Å². The lowest BCUT2D eigenvalue weighted by atomic mass is 10.1. The van der Waals surface area contributed by atoms with Gasteiger partial charge in [0.1, 0.15) is 5.75 Å². The number of benzene rings is 1. The molecule has 0 aliphatic rings. The molecule has 5 nitrogen and oxygen atoms in total. The van der Waals surface area contributed by atoms with Crippen LogP contribution in [0.15, 0.2) is 30.3 Å². The zero-order chi connectivity index (χ0) is 15.0. The van der Waals surface area contributed by atoms with Crippen LogP contribution in [-0.4, -0.2) is 29.6 Å².